The van der Waals surface area contributed by atoms with Crippen molar-refractivity contribution in [3.05, 3.63) is 29.3 Å². The van der Waals surface area contributed by atoms with Gasteiger partial charge in [0.1, 0.15) is 0 Å². The Hall–Kier alpha value is -1.55. The molecular formula is C17H27N3O. The van der Waals surface area contributed by atoms with Gasteiger partial charge in [-0.3, -0.25) is 9.69 Å². The highest BCUT2D eigenvalue weighted by Crippen LogP contribution is 2.23. The quantitative estimate of drug-likeness (QED) is 0.905. The molecule has 1 fully saturated rings. The lowest BCUT2D eigenvalue weighted by molar-refractivity contribution is 0.0779. The molecule has 0 saturated carbocycles. The fourth-order valence-corrected chi connectivity index (χ4v) is 3.19. The van der Waals surface area contributed by atoms with Gasteiger partial charge in [0.25, 0.3) is 5.91 Å². The van der Waals surface area contributed by atoms with Crippen LogP contribution in [0.5, 0.6) is 0 Å². The van der Waals surface area contributed by atoms with Crippen LogP contribution in [0.2, 0.25) is 0 Å². The van der Waals surface area contributed by atoms with Crippen LogP contribution in [-0.2, 0) is 0 Å². The fourth-order valence-electron chi connectivity index (χ4n) is 3.19. The molecule has 1 amide bonds. The zero-order chi connectivity index (χ0) is 15.4. The van der Waals surface area contributed by atoms with E-state index in [1.165, 1.54) is 0 Å². The highest BCUT2D eigenvalue weighted by atomic mass is 16.2. The fraction of sp³-hybridized carbons (Fsp3) is 0.588. The van der Waals surface area contributed by atoms with Crippen LogP contribution in [0.15, 0.2) is 18.2 Å². The molecule has 1 N–H and O–H groups in total. The predicted octanol–water partition coefficient (Wildman–Crippen LogP) is 2.59. The Morgan fingerprint density at radius 2 is 2.10 bits per heavy atom. The van der Waals surface area contributed by atoms with E-state index >= 15 is 0 Å². The van der Waals surface area contributed by atoms with Gasteiger partial charge < -0.3 is 10.2 Å². The molecule has 1 atom stereocenters. The van der Waals surface area contributed by atoms with Crippen LogP contribution in [0.3, 0.4) is 0 Å². The molecule has 1 aliphatic heterocycles. The van der Waals surface area contributed by atoms with E-state index in [9.17, 15) is 4.79 Å². The van der Waals surface area contributed by atoms with E-state index in [4.69, 9.17) is 0 Å². The van der Waals surface area contributed by atoms with Crippen LogP contribution in [0.1, 0.15) is 36.2 Å². The minimum atomic E-state index is 0.151. The van der Waals surface area contributed by atoms with Crippen LogP contribution >= 0.6 is 0 Å². The highest BCUT2D eigenvalue weighted by molar-refractivity contribution is 6.00. The van der Waals surface area contributed by atoms with Gasteiger partial charge in [0.05, 0.1) is 5.56 Å². The van der Waals surface area contributed by atoms with Crippen molar-refractivity contribution >= 4 is 11.6 Å². The zero-order valence-corrected chi connectivity index (χ0v) is 13.6. The van der Waals surface area contributed by atoms with E-state index < -0.39 is 0 Å². The van der Waals surface area contributed by atoms with Crippen LogP contribution < -0.4 is 5.32 Å². The molecular weight excluding hydrogens is 262 g/mol. The normalized spacial score (nSPS) is 18.3. The van der Waals surface area contributed by atoms with Crippen molar-refractivity contribution in [1.82, 2.24) is 9.80 Å². The van der Waals surface area contributed by atoms with Gasteiger partial charge in [0.15, 0.2) is 0 Å². The van der Waals surface area contributed by atoms with Gasteiger partial charge in [-0.05, 0) is 38.6 Å². The SMILES string of the molecule is CCN(CC)C1CCN(C(=O)c2cc(C)ccc2NC)C1. The maximum atomic E-state index is 12.8. The molecule has 4 nitrogen and oxygen atoms in total. The third kappa shape index (κ3) is 3.38. The molecule has 1 unspecified atom stereocenters. The first-order chi connectivity index (χ1) is 10.1. The molecule has 0 aromatic heterocycles. The molecule has 0 aliphatic carbocycles. The Morgan fingerprint density at radius 1 is 1.38 bits per heavy atom. The smallest absolute Gasteiger partial charge is 0.256 e. The second kappa shape index (κ2) is 6.94. The van der Waals surface area contributed by atoms with Gasteiger partial charge in [0, 0.05) is 31.9 Å². The number of nitrogens with one attached hydrogen (secondary N) is 1. The van der Waals surface area contributed by atoms with E-state index in [0.29, 0.717) is 6.04 Å². The summed E-state index contributed by atoms with van der Waals surface area (Å²) < 4.78 is 0. The van der Waals surface area contributed by atoms with E-state index in [-0.39, 0.29) is 5.91 Å². The van der Waals surface area contributed by atoms with E-state index in [1.54, 1.807) is 0 Å². The molecule has 1 saturated heterocycles. The van der Waals surface area contributed by atoms with Crippen LogP contribution in [0, 0.1) is 6.92 Å². The number of hydrogen-bond acceptors (Lipinski definition) is 3. The first-order valence-electron chi connectivity index (χ1n) is 7.92. The predicted molar refractivity (Wildman–Crippen MR) is 88.0 cm³/mol. The number of carbonyl (C=O) groups is 1. The molecule has 4 heteroatoms. The van der Waals surface area contributed by atoms with E-state index in [2.05, 4.69) is 24.1 Å². The third-order valence-corrected chi connectivity index (χ3v) is 4.45. The van der Waals surface area contributed by atoms with Crippen LogP contribution in [0.4, 0.5) is 5.69 Å². The second-order valence-electron chi connectivity index (χ2n) is 5.71. The minimum absolute atomic E-state index is 0.151. The lowest BCUT2D eigenvalue weighted by Crippen LogP contribution is -2.38. The van der Waals surface area contributed by atoms with Crippen molar-refractivity contribution in [2.24, 2.45) is 0 Å². The average molecular weight is 289 g/mol. The Morgan fingerprint density at radius 3 is 2.71 bits per heavy atom. The standard InChI is InChI=1S/C17H27N3O/c1-5-19(6-2)14-9-10-20(12-14)17(21)15-11-13(3)7-8-16(15)18-4/h7-8,11,14,18H,5-6,9-10,12H2,1-4H3. The monoisotopic (exact) mass is 289 g/mol. The number of hydrogen-bond donors (Lipinski definition) is 1. The largest absolute Gasteiger partial charge is 0.387 e. The number of aryl methyl sites for hydroxylation is 1. The van der Waals surface area contributed by atoms with Crippen molar-refractivity contribution in [3.8, 4) is 0 Å². The van der Waals surface area contributed by atoms with Gasteiger partial charge in [-0.1, -0.05) is 25.5 Å². The summed E-state index contributed by atoms with van der Waals surface area (Å²) in [5.41, 5.74) is 2.83. The first kappa shape index (κ1) is 15.8. The van der Waals surface area contributed by atoms with E-state index in [1.807, 2.05) is 37.1 Å². The van der Waals surface area contributed by atoms with Crippen molar-refractivity contribution in [2.45, 2.75) is 33.2 Å². The number of benzene rings is 1. The number of rotatable bonds is 5. The number of nitrogens with zero attached hydrogens (tertiary/aromatic N) is 2. The Labute approximate surface area is 128 Å². The number of anilines is 1. The summed E-state index contributed by atoms with van der Waals surface area (Å²) in [5.74, 6) is 0.151. The number of likely N-dealkylation sites (N-methyl/N-ethyl adjacent to an activating group) is 1. The summed E-state index contributed by atoms with van der Waals surface area (Å²) in [6.07, 6.45) is 1.08. The molecule has 1 aliphatic rings. The van der Waals surface area contributed by atoms with Crippen LogP contribution in [-0.4, -0.2) is 55.0 Å². The van der Waals surface area contributed by atoms with Gasteiger partial charge in [-0.25, -0.2) is 0 Å². The van der Waals surface area contributed by atoms with Gasteiger partial charge in [-0.15, -0.1) is 0 Å². The summed E-state index contributed by atoms with van der Waals surface area (Å²) in [6, 6.07) is 6.51. The molecule has 0 radical (unpaired) electrons. The number of likely N-dealkylation sites (tertiary alicyclic amines) is 1. The van der Waals surface area contributed by atoms with Crippen LogP contribution in [0.25, 0.3) is 0 Å². The minimum Gasteiger partial charge on any atom is -0.387 e. The molecule has 2 rings (SSSR count). The molecule has 1 aromatic rings. The Balaban J connectivity index is 2.13. The Bertz CT molecular complexity index is 497. The van der Waals surface area contributed by atoms with Crippen molar-refractivity contribution in [2.75, 3.05) is 38.5 Å². The number of amides is 1. The lowest BCUT2D eigenvalue weighted by atomic mass is 10.1. The van der Waals surface area contributed by atoms with Gasteiger partial charge >= 0.3 is 0 Å². The summed E-state index contributed by atoms with van der Waals surface area (Å²) in [4.78, 5) is 17.2. The van der Waals surface area contributed by atoms with E-state index in [0.717, 1.165) is 49.4 Å². The summed E-state index contributed by atoms with van der Waals surface area (Å²) in [7, 11) is 1.87. The van der Waals surface area contributed by atoms with Crippen molar-refractivity contribution in [3.63, 3.8) is 0 Å². The van der Waals surface area contributed by atoms with Crippen molar-refractivity contribution in [1.29, 1.82) is 0 Å². The zero-order valence-electron chi connectivity index (χ0n) is 13.6. The third-order valence-electron chi connectivity index (χ3n) is 4.45. The summed E-state index contributed by atoms with van der Waals surface area (Å²) in [6.45, 7) is 10.2. The van der Waals surface area contributed by atoms with Gasteiger partial charge in [-0.2, -0.15) is 0 Å². The maximum Gasteiger partial charge on any atom is 0.256 e. The van der Waals surface area contributed by atoms with Gasteiger partial charge in [0.2, 0.25) is 0 Å². The molecule has 21 heavy (non-hydrogen) atoms. The highest BCUT2D eigenvalue weighted by Gasteiger charge is 2.30. The second-order valence-corrected chi connectivity index (χ2v) is 5.71. The summed E-state index contributed by atoms with van der Waals surface area (Å²) in [5, 5.41) is 3.13. The Kier molecular flexibility index (Phi) is 5.23. The molecule has 116 valence electrons. The first-order valence-corrected chi connectivity index (χ1v) is 7.92. The maximum absolute atomic E-state index is 12.8. The lowest BCUT2D eigenvalue weighted by Gasteiger charge is -2.26. The number of carbonyl (C=O) groups excluding carboxylic acids is 1. The average Bonchev–Trinajstić information content (AvgIpc) is 2.97. The molecule has 1 heterocycles. The van der Waals surface area contributed by atoms with Crippen molar-refractivity contribution < 1.29 is 4.79 Å². The topological polar surface area (TPSA) is 35.6 Å². The summed E-state index contributed by atoms with van der Waals surface area (Å²) >= 11 is 0. The molecule has 1 aromatic carbocycles. The molecule has 0 bridgehead atoms. The molecule has 0 spiro atoms.